The summed E-state index contributed by atoms with van der Waals surface area (Å²) in [6.45, 7) is 6.20. The molecule has 2 aromatic rings. The fourth-order valence-electron chi connectivity index (χ4n) is 3.61. The standard InChI is InChI=1S/C24H32N4O4S/c1-24(2,3)25-23(30)27(12-13-31-4)16-22(29)28-19(17-9-6-7-10-20(17)32-5)15-18(26-28)21-11-8-14-33-21/h6-11,14,19H,12-13,15-16H2,1-5H3,(H,25,30)/t19-/m1/s1. The second kappa shape index (κ2) is 10.8. The topological polar surface area (TPSA) is 83.5 Å². The van der Waals surface area contributed by atoms with Crippen LogP contribution in [0.2, 0.25) is 0 Å². The Hall–Kier alpha value is -2.91. The van der Waals surface area contributed by atoms with Crippen LogP contribution in [0.25, 0.3) is 0 Å². The highest BCUT2D eigenvalue weighted by Gasteiger charge is 2.36. The van der Waals surface area contributed by atoms with Crippen LogP contribution in [0, 0.1) is 0 Å². The van der Waals surface area contributed by atoms with Crippen LogP contribution in [0.5, 0.6) is 5.75 Å². The van der Waals surface area contributed by atoms with Gasteiger partial charge in [0.25, 0.3) is 5.91 Å². The number of carbonyl (C=O) groups is 2. The second-order valence-corrected chi connectivity index (χ2v) is 9.77. The van der Waals surface area contributed by atoms with Crippen molar-refractivity contribution in [3.05, 3.63) is 52.2 Å². The third kappa shape index (κ3) is 6.33. The molecule has 1 aliphatic rings. The lowest BCUT2D eigenvalue weighted by atomic mass is 10.00. The molecule has 3 rings (SSSR count). The van der Waals surface area contributed by atoms with E-state index in [1.54, 1.807) is 25.6 Å². The Balaban J connectivity index is 1.89. The molecular weight excluding hydrogens is 440 g/mol. The number of para-hydroxylation sites is 1. The number of carbonyl (C=O) groups excluding carboxylic acids is 2. The molecule has 33 heavy (non-hydrogen) atoms. The van der Waals surface area contributed by atoms with Crippen LogP contribution in [0.15, 0.2) is 46.9 Å². The highest BCUT2D eigenvalue weighted by molar-refractivity contribution is 7.12. The number of thiophene rings is 1. The van der Waals surface area contributed by atoms with Gasteiger partial charge >= 0.3 is 6.03 Å². The number of hydrazone groups is 1. The predicted molar refractivity (Wildman–Crippen MR) is 130 cm³/mol. The molecule has 1 aromatic heterocycles. The Labute approximate surface area is 199 Å². The third-order valence-electron chi connectivity index (χ3n) is 5.13. The summed E-state index contributed by atoms with van der Waals surface area (Å²) in [7, 11) is 3.18. The fraction of sp³-hybridized carbons (Fsp3) is 0.458. The van der Waals surface area contributed by atoms with E-state index in [0.29, 0.717) is 25.3 Å². The van der Waals surface area contributed by atoms with E-state index in [1.807, 2.05) is 62.5 Å². The van der Waals surface area contributed by atoms with Crippen LogP contribution in [0.4, 0.5) is 4.79 Å². The number of amides is 3. The molecule has 0 spiro atoms. The SMILES string of the molecule is COCCN(CC(=O)N1N=C(c2cccs2)C[C@@H]1c1ccccc1OC)C(=O)NC(C)(C)C. The van der Waals surface area contributed by atoms with E-state index < -0.39 is 5.54 Å². The zero-order chi connectivity index (χ0) is 24.0. The largest absolute Gasteiger partial charge is 0.496 e. The van der Waals surface area contributed by atoms with Crippen LogP contribution < -0.4 is 10.1 Å². The first kappa shape index (κ1) is 24.7. The van der Waals surface area contributed by atoms with Crippen molar-refractivity contribution in [3.63, 3.8) is 0 Å². The van der Waals surface area contributed by atoms with E-state index >= 15 is 0 Å². The average molecular weight is 473 g/mol. The summed E-state index contributed by atoms with van der Waals surface area (Å²) in [5.41, 5.74) is 1.30. The van der Waals surface area contributed by atoms with Gasteiger partial charge in [-0.25, -0.2) is 9.80 Å². The highest BCUT2D eigenvalue weighted by Crippen LogP contribution is 2.38. The highest BCUT2D eigenvalue weighted by atomic mass is 32.1. The van der Waals surface area contributed by atoms with Crippen LogP contribution in [0.1, 0.15) is 43.7 Å². The van der Waals surface area contributed by atoms with E-state index in [0.717, 1.165) is 16.2 Å². The molecule has 0 aliphatic carbocycles. The molecule has 0 bridgehead atoms. The second-order valence-electron chi connectivity index (χ2n) is 8.82. The van der Waals surface area contributed by atoms with Crippen molar-refractivity contribution in [1.29, 1.82) is 0 Å². The third-order valence-corrected chi connectivity index (χ3v) is 6.05. The Morgan fingerprint density at radius 2 is 1.97 bits per heavy atom. The molecule has 9 heteroatoms. The minimum Gasteiger partial charge on any atom is -0.496 e. The van der Waals surface area contributed by atoms with E-state index in [4.69, 9.17) is 14.6 Å². The van der Waals surface area contributed by atoms with Gasteiger partial charge in [-0.2, -0.15) is 5.10 Å². The van der Waals surface area contributed by atoms with Crippen molar-refractivity contribution in [2.75, 3.05) is 33.9 Å². The van der Waals surface area contributed by atoms with Crippen molar-refractivity contribution >= 4 is 29.0 Å². The maximum atomic E-state index is 13.5. The number of benzene rings is 1. The number of methoxy groups -OCH3 is 2. The van der Waals surface area contributed by atoms with Gasteiger partial charge in [0.2, 0.25) is 0 Å². The molecular formula is C24H32N4O4S. The molecule has 0 saturated heterocycles. The minimum absolute atomic E-state index is 0.113. The lowest BCUT2D eigenvalue weighted by molar-refractivity contribution is -0.133. The fourth-order valence-corrected chi connectivity index (χ4v) is 4.33. The van der Waals surface area contributed by atoms with Crippen molar-refractivity contribution in [3.8, 4) is 5.75 Å². The zero-order valence-corrected chi connectivity index (χ0v) is 20.6. The van der Waals surface area contributed by atoms with Gasteiger partial charge in [0, 0.05) is 31.2 Å². The average Bonchev–Trinajstić information content (AvgIpc) is 3.45. The van der Waals surface area contributed by atoms with E-state index in [1.165, 1.54) is 9.91 Å². The van der Waals surface area contributed by atoms with Gasteiger partial charge in [-0.05, 0) is 38.3 Å². The van der Waals surface area contributed by atoms with Crippen LogP contribution in [-0.2, 0) is 9.53 Å². The zero-order valence-electron chi connectivity index (χ0n) is 19.8. The normalized spacial score (nSPS) is 15.8. The molecule has 0 saturated carbocycles. The van der Waals surface area contributed by atoms with Crippen LogP contribution >= 0.6 is 11.3 Å². The Bertz CT molecular complexity index is 985. The van der Waals surface area contributed by atoms with Crippen LogP contribution in [-0.4, -0.2) is 67.0 Å². The van der Waals surface area contributed by atoms with Gasteiger partial charge in [-0.3, -0.25) is 4.79 Å². The first-order chi connectivity index (χ1) is 15.7. The van der Waals surface area contributed by atoms with E-state index in [2.05, 4.69) is 5.32 Å². The quantitative estimate of drug-likeness (QED) is 0.632. The molecule has 1 N–H and O–H groups in total. The minimum atomic E-state index is -0.427. The van der Waals surface area contributed by atoms with Crippen molar-refractivity contribution in [2.45, 2.75) is 38.8 Å². The Morgan fingerprint density at radius 1 is 1.21 bits per heavy atom. The molecule has 0 fully saturated rings. The van der Waals surface area contributed by atoms with Crippen molar-refractivity contribution < 1.29 is 19.1 Å². The molecule has 1 aromatic carbocycles. The van der Waals surface area contributed by atoms with Gasteiger partial charge < -0.3 is 19.7 Å². The number of hydrogen-bond acceptors (Lipinski definition) is 6. The summed E-state index contributed by atoms with van der Waals surface area (Å²) >= 11 is 1.59. The van der Waals surface area contributed by atoms with Crippen LogP contribution in [0.3, 0.4) is 0 Å². The van der Waals surface area contributed by atoms with Gasteiger partial charge in [-0.1, -0.05) is 24.3 Å². The van der Waals surface area contributed by atoms with Crippen molar-refractivity contribution in [1.82, 2.24) is 15.2 Å². The molecule has 8 nitrogen and oxygen atoms in total. The molecule has 1 aliphatic heterocycles. The summed E-state index contributed by atoms with van der Waals surface area (Å²) in [5, 5.41) is 11.1. The maximum Gasteiger partial charge on any atom is 0.318 e. The molecule has 1 atom stereocenters. The number of nitrogens with zero attached hydrogens (tertiary/aromatic N) is 3. The van der Waals surface area contributed by atoms with Gasteiger partial charge in [0.15, 0.2) is 0 Å². The molecule has 2 heterocycles. The number of nitrogens with one attached hydrogen (secondary N) is 1. The summed E-state index contributed by atoms with van der Waals surface area (Å²) in [5.74, 6) is 0.433. The summed E-state index contributed by atoms with van der Waals surface area (Å²) < 4.78 is 10.7. The van der Waals surface area contributed by atoms with Gasteiger partial charge in [-0.15, -0.1) is 11.3 Å². The number of urea groups is 1. The maximum absolute atomic E-state index is 13.5. The predicted octanol–water partition coefficient (Wildman–Crippen LogP) is 3.89. The Morgan fingerprint density at radius 3 is 2.61 bits per heavy atom. The summed E-state index contributed by atoms with van der Waals surface area (Å²) in [4.78, 5) is 28.8. The van der Waals surface area contributed by atoms with Gasteiger partial charge in [0.1, 0.15) is 12.3 Å². The molecule has 0 unspecified atom stereocenters. The lowest BCUT2D eigenvalue weighted by Crippen LogP contribution is -2.52. The smallest absolute Gasteiger partial charge is 0.318 e. The first-order valence-corrected chi connectivity index (χ1v) is 11.7. The summed E-state index contributed by atoms with van der Waals surface area (Å²) in [6.07, 6.45) is 0.568. The summed E-state index contributed by atoms with van der Waals surface area (Å²) in [6, 6.07) is 11.0. The van der Waals surface area contributed by atoms with Crippen molar-refractivity contribution in [2.24, 2.45) is 5.10 Å². The number of ether oxygens (including phenoxy) is 2. The molecule has 3 amide bonds. The first-order valence-electron chi connectivity index (χ1n) is 10.9. The number of rotatable bonds is 8. The van der Waals surface area contributed by atoms with E-state index in [9.17, 15) is 9.59 Å². The van der Waals surface area contributed by atoms with E-state index in [-0.39, 0.29) is 24.5 Å². The monoisotopic (exact) mass is 472 g/mol. The lowest BCUT2D eigenvalue weighted by Gasteiger charge is -2.30. The van der Waals surface area contributed by atoms with Gasteiger partial charge in [0.05, 0.1) is 30.3 Å². The molecule has 0 radical (unpaired) electrons. The molecule has 178 valence electrons. The Kier molecular flexibility index (Phi) is 8.10. The number of hydrogen-bond donors (Lipinski definition) is 1.